The van der Waals surface area contributed by atoms with Gasteiger partial charge in [-0.15, -0.1) is 0 Å². The van der Waals surface area contributed by atoms with Crippen molar-refractivity contribution >= 4 is 17.8 Å². The number of para-hydroxylation sites is 1. The monoisotopic (exact) mass is 483 g/mol. The second-order valence-electron chi connectivity index (χ2n) is 8.81. The lowest BCUT2D eigenvalue weighted by atomic mass is 9.93. The molecule has 4 aromatic rings. The van der Waals surface area contributed by atoms with Gasteiger partial charge in [0, 0.05) is 24.3 Å². The van der Waals surface area contributed by atoms with Crippen molar-refractivity contribution in [2.75, 3.05) is 0 Å². The van der Waals surface area contributed by atoms with Crippen LogP contribution in [0.5, 0.6) is 0 Å². The lowest BCUT2D eigenvalue weighted by molar-refractivity contribution is -0.387. The predicted molar refractivity (Wildman–Crippen MR) is 137 cm³/mol. The molecule has 1 aliphatic carbocycles. The Kier molecular flexibility index (Phi) is 6.44. The molecule has 5 rings (SSSR count). The van der Waals surface area contributed by atoms with Crippen molar-refractivity contribution in [2.24, 2.45) is 0 Å². The second-order valence-corrected chi connectivity index (χ2v) is 8.81. The molecule has 1 aliphatic rings. The number of aryl methyl sites for hydroxylation is 1. The van der Waals surface area contributed by atoms with E-state index in [-0.39, 0.29) is 18.3 Å². The summed E-state index contributed by atoms with van der Waals surface area (Å²) in [6.45, 7) is 0.208. The van der Waals surface area contributed by atoms with Gasteiger partial charge in [-0.3, -0.25) is 24.0 Å². The summed E-state index contributed by atoms with van der Waals surface area (Å²) in [4.78, 5) is 38.1. The zero-order valence-electron chi connectivity index (χ0n) is 19.6. The standard InChI is InChI=1S/C27H25N5O4/c33-26-25(32(35)36)24(15-14-21-18-28-30(19-21)22-10-5-2-6-11-22)29(17-16-20-8-3-1-4-9-20)27(34)31(26)23-12-7-13-23/h1-6,8-11,14-15,18-19,23H,7,12-13,16-17H2/b15-14+. The van der Waals surface area contributed by atoms with Crippen LogP contribution >= 0.6 is 0 Å². The van der Waals surface area contributed by atoms with Gasteiger partial charge in [0.2, 0.25) is 0 Å². The van der Waals surface area contributed by atoms with Crippen molar-refractivity contribution in [3.05, 3.63) is 121 Å². The first-order valence-corrected chi connectivity index (χ1v) is 11.9. The molecule has 0 spiro atoms. The fourth-order valence-corrected chi connectivity index (χ4v) is 4.40. The zero-order chi connectivity index (χ0) is 25.1. The Hall–Kier alpha value is -4.53. The maximum absolute atomic E-state index is 13.5. The van der Waals surface area contributed by atoms with E-state index in [9.17, 15) is 19.7 Å². The molecule has 1 saturated carbocycles. The molecule has 0 atom stereocenters. The molecule has 2 aromatic heterocycles. The molecule has 1 fully saturated rings. The van der Waals surface area contributed by atoms with Crippen molar-refractivity contribution < 1.29 is 4.92 Å². The summed E-state index contributed by atoms with van der Waals surface area (Å²) in [7, 11) is 0. The van der Waals surface area contributed by atoms with E-state index in [0.29, 0.717) is 24.8 Å². The molecule has 0 saturated heterocycles. The van der Waals surface area contributed by atoms with Crippen LogP contribution in [0.25, 0.3) is 17.8 Å². The van der Waals surface area contributed by atoms with E-state index in [1.54, 1.807) is 23.2 Å². The fraction of sp³-hybridized carbons (Fsp3) is 0.222. The van der Waals surface area contributed by atoms with Gasteiger partial charge < -0.3 is 0 Å². The van der Waals surface area contributed by atoms with Gasteiger partial charge >= 0.3 is 16.9 Å². The first kappa shape index (κ1) is 23.2. The summed E-state index contributed by atoms with van der Waals surface area (Å²) in [5, 5.41) is 16.4. The van der Waals surface area contributed by atoms with E-state index >= 15 is 0 Å². The number of benzene rings is 2. The molecular formula is C27H25N5O4. The molecule has 0 radical (unpaired) electrons. The van der Waals surface area contributed by atoms with Crippen LogP contribution in [0, 0.1) is 10.1 Å². The van der Waals surface area contributed by atoms with Crippen molar-refractivity contribution in [1.29, 1.82) is 0 Å². The van der Waals surface area contributed by atoms with Crippen LogP contribution in [0.15, 0.2) is 82.6 Å². The summed E-state index contributed by atoms with van der Waals surface area (Å²) >= 11 is 0. The number of hydrogen-bond acceptors (Lipinski definition) is 5. The molecular weight excluding hydrogens is 458 g/mol. The minimum Gasteiger partial charge on any atom is -0.287 e. The van der Waals surface area contributed by atoms with Crippen molar-refractivity contribution in [3.8, 4) is 5.69 Å². The van der Waals surface area contributed by atoms with E-state index in [2.05, 4.69) is 5.10 Å². The third-order valence-electron chi connectivity index (χ3n) is 6.54. The minimum absolute atomic E-state index is 0.00559. The van der Waals surface area contributed by atoms with Gasteiger partial charge in [-0.2, -0.15) is 5.10 Å². The van der Waals surface area contributed by atoms with Gasteiger partial charge in [-0.05, 0) is 55.5 Å². The van der Waals surface area contributed by atoms with Gasteiger partial charge in [0.05, 0.1) is 16.8 Å². The molecule has 2 aromatic carbocycles. The highest BCUT2D eigenvalue weighted by Gasteiger charge is 2.31. The Morgan fingerprint density at radius 1 is 1.00 bits per heavy atom. The van der Waals surface area contributed by atoms with E-state index in [0.717, 1.165) is 22.2 Å². The Labute approximate surface area is 206 Å². The molecule has 9 heteroatoms. The van der Waals surface area contributed by atoms with Crippen molar-refractivity contribution in [1.82, 2.24) is 18.9 Å². The van der Waals surface area contributed by atoms with Gasteiger partial charge in [0.25, 0.3) is 0 Å². The summed E-state index contributed by atoms with van der Waals surface area (Å²) in [6.07, 6.45) is 9.23. The lowest BCUT2D eigenvalue weighted by Gasteiger charge is -2.27. The normalized spacial score (nSPS) is 13.7. The molecule has 0 aliphatic heterocycles. The first-order chi connectivity index (χ1) is 17.5. The van der Waals surface area contributed by atoms with Crippen molar-refractivity contribution in [2.45, 2.75) is 38.3 Å². The molecule has 2 heterocycles. The highest BCUT2D eigenvalue weighted by Crippen LogP contribution is 2.30. The lowest BCUT2D eigenvalue weighted by Crippen LogP contribution is -2.46. The van der Waals surface area contributed by atoms with Crippen LogP contribution in [0.1, 0.15) is 42.1 Å². The summed E-state index contributed by atoms with van der Waals surface area (Å²) in [5.74, 6) is 0. The molecule has 0 amide bonds. The highest BCUT2D eigenvalue weighted by molar-refractivity contribution is 5.71. The number of hydrogen-bond donors (Lipinski definition) is 0. The van der Waals surface area contributed by atoms with E-state index in [1.807, 2.05) is 60.7 Å². The topological polar surface area (TPSA) is 105 Å². The number of nitrogens with zero attached hydrogens (tertiary/aromatic N) is 5. The summed E-state index contributed by atoms with van der Waals surface area (Å²) < 4.78 is 4.13. The van der Waals surface area contributed by atoms with E-state index in [4.69, 9.17) is 0 Å². The molecule has 0 N–H and O–H groups in total. The maximum Gasteiger partial charge on any atom is 0.357 e. The predicted octanol–water partition coefficient (Wildman–Crippen LogP) is 4.24. The number of aromatic nitrogens is 4. The molecule has 0 bridgehead atoms. The SMILES string of the molecule is O=c1c([N+](=O)[O-])c(/C=C/c2cnn(-c3ccccc3)c2)n(CCc2ccccc2)c(=O)n1C1CCC1. The van der Waals surface area contributed by atoms with Crippen LogP contribution in [-0.2, 0) is 13.0 Å². The van der Waals surface area contributed by atoms with Gasteiger partial charge in [-0.1, -0.05) is 48.5 Å². The first-order valence-electron chi connectivity index (χ1n) is 11.9. The zero-order valence-corrected chi connectivity index (χ0v) is 19.6. The molecule has 9 nitrogen and oxygen atoms in total. The van der Waals surface area contributed by atoms with Crippen LogP contribution < -0.4 is 11.2 Å². The average Bonchev–Trinajstić information content (AvgIpc) is 3.33. The number of rotatable bonds is 8. The van der Waals surface area contributed by atoms with Crippen molar-refractivity contribution in [3.63, 3.8) is 0 Å². The highest BCUT2D eigenvalue weighted by atomic mass is 16.6. The number of nitro groups is 1. The molecule has 0 unspecified atom stereocenters. The van der Waals surface area contributed by atoms with E-state index in [1.165, 1.54) is 10.6 Å². The van der Waals surface area contributed by atoms with E-state index < -0.39 is 21.9 Å². The fourth-order valence-electron chi connectivity index (χ4n) is 4.40. The maximum atomic E-state index is 13.5. The van der Waals surface area contributed by atoms with Crippen LogP contribution in [-0.4, -0.2) is 23.8 Å². The Bertz CT molecular complexity index is 1530. The smallest absolute Gasteiger partial charge is 0.287 e. The largest absolute Gasteiger partial charge is 0.357 e. The van der Waals surface area contributed by atoms with Gasteiger partial charge in [0.1, 0.15) is 5.69 Å². The van der Waals surface area contributed by atoms with Gasteiger partial charge in [0.15, 0.2) is 0 Å². The minimum atomic E-state index is -0.842. The van der Waals surface area contributed by atoms with Gasteiger partial charge in [-0.25, -0.2) is 9.48 Å². The van der Waals surface area contributed by atoms with Crippen LogP contribution in [0.4, 0.5) is 5.69 Å². The second kappa shape index (κ2) is 9.99. The van der Waals surface area contributed by atoms with Crippen LogP contribution in [0.3, 0.4) is 0 Å². The summed E-state index contributed by atoms with van der Waals surface area (Å²) in [5.41, 5.74) is 0.600. The third-order valence-corrected chi connectivity index (χ3v) is 6.54. The molecule has 182 valence electrons. The quantitative estimate of drug-likeness (QED) is 0.275. The van der Waals surface area contributed by atoms with Crippen LogP contribution in [0.2, 0.25) is 0 Å². The Morgan fingerprint density at radius 2 is 1.69 bits per heavy atom. The Balaban J connectivity index is 1.59. The average molecular weight is 484 g/mol. The molecule has 36 heavy (non-hydrogen) atoms. The Morgan fingerprint density at radius 3 is 2.33 bits per heavy atom. The summed E-state index contributed by atoms with van der Waals surface area (Å²) in [6, 6.07) is 18.8. The third kappa shape index (κ3) is 4.55.